The first kappa shape index (κ1) is 12.3. The molecule has 0 bridgehead atoms. The quantitative estimate of drug-likeness (QED) is 0.719. The maximum atomic E-state index is 9.73. The molecule has 0 rings (SSSR count). The molecule has 2 heteroatoms. The van der Waals surface area contributed by atoms with E-state index in [2.05, 4.69) is 20.8 Å². The van der Waals surface area contributed by atoms with Gasteiger partial charge in [0.15, 0.2) is 0 Å². The molecule has 0 aliphatic heterocycles. The molecule has 0 amide bonds. The zero-order valence-corrected chi connectivity index (χ0v) is 9.74. The lowest BCUT2D eigenvalue weighted by Gasteiger charge is -2.24. The molecule has 0 radical (unpaired) electrons. The van der Waals surface area contributed by atoms with Crippen molar-refractivity contribution < 1.29 is 5.11 Å². The van der Waals surface area contributed by atoms with E-state index in [0.717, 1.165) is 12.2 Å². The Morgan fingerprint density at radius 2 is 1.83 bits per heavy atom. The Bertz CT molecular complexity index is 121. The molecule has 2 unspecified atom stereocenters. The van der Waals surface area contributed by atoms with Gasteiger partial charge in [0.1, 0.15) is 0 Å². The van der Waals surface area contributed by atoms with Crippen molar-refractivity contribution in [1.29, 1.82) is 0 Å². The molecule has 0 saturated carbocycles. The van der Waals surface area contributed by atoms with Gasteiger partial charge in [-0.1, -0.05) is 27.7 Å². The molecule has 0 aromatic heterocycles. The maximum Gasteiger partial charge on any atom is 0.0707 e. The van der Waals surface area contributed by atoms with Crippen LogP contribution in [0, 0.1) is 5.92 Å². The molecule has 0 spiro atoms. The zero-order chi connectivity index (χ0) is 9.78. The summed E-state index contributed by atoms with van der Waals surface area (Å²) in [6, 6.07) is 0. The van der Waals surface area contributed by atoms with Crippen molar-refractivity contribution in [3.8, 4) is 0 Å². The number of hydrogen-bond acceptors (Lipinski definition) is 2. The van der Waals surface area contributed by atoms with Crippen LogP contribution in [0.1, 0.15) is 41.0 Å². The predicted molar refractivity (Wildman–Crippen MR) is 57.7 cm³/mol. The van der Waals surface area contributed by atoms with E-state index in [-0.39, 0.29) is 0 Å². The van der Waals surface area contributed by atoms with Crippen molar-refractivity contribution in [3.05, 3.63) is 0 Å². The second-order valence-electron chi connectivity index (χ2n) is 4.11. The molecular formula is C10H22OS. The fourth-order valence-corrected chi connectivity index (χ4v) is 1.82. The first-order valence-electron chi connectivity index (χ1n) is 4.73. The van der Waals surface area contributed by atoms with Crippen LogP contribution >= 0.6 is 11.8 Å². The van der Waals surface area contributed by atoms with E-state index in [0.29, 0.717) is 11.2 Å². The van der Waals surface area contributed by atoms with E-state index >= 15 is 0 Å². The van der Waals surface area contributed by atoms with Gasteiger partial charge in [0.05, 0.1) is 5.60 Å². The first-order valence-corrected chi connectivity index (χ1v) is 5.78. The topological polar surface area (TPSA) is 20.2 Å². The average Bonchev–Trinajstić information content (AvgIpc) is 2.00. The van der Waals surface area contributed by atoms with Crippen molar-refractivity contribution in [1.82, 2.24) is 0 Å². The Labute approximate surface area is 80.9 Å². The summed E-state index contributed by atoms with van der Waals surface area (Å²) < 4.78 is 0. The summed E-state index contributed by atoms with van der Waals surface area (Å²) in [5, 5.41) is 10.4. The summed E-state index contributed by atoms with van der Waals surface area (Å²) in [6.07, 6.45) is 0.838. The van der Waals surface area contributed by atoms with Gasteiger partial charge in [0.25, 0.3) is 0 Å². The van der Waals surface area contributed by atoms with Crippen LogP contribution in [-0.2, 0) is 0 Å². The van der Waals surface area contributed by atoms with Crippen LogP contribution in [0.25, 0.3) is 0 Å². The van der Waals surface area contributed by atoms with Gasteiger partial charge in [-0.3, -0.25) is 0 Å². The molecule has 0 fully saturated rings. The molecular weight excluding hydrogens is 168 g/mol. The Hall–Kier alpha value is 0.310. The van der Waals surface area contributed by atoms with Crippen LogP contribution in [0.2, 0.25) is 0 Å². The molecule has 12 heavy (non-hydrogen) atoms. The number of aliphatic hydroxyl groups is 1. The highest BCUT2D eigenvalue weighted by molar-refractivity contribution is 7.99. The van der Waals surface area contributed by atoms with Gasteiger partial charge in [-0.2, -0.15) is 11.8 Å². The number of rotatable bonds is 5. The first-order chi connectivity index (χ1) is 5.39. The van der Waals surface area contributed by atoms with Gasteiger partial charge >= 0.3 is 0 Å². The molecule has 2 atom stereocenters. The fourth-order valence-electron chi connectivity index (χ4n) is 0.605. The number of hydrogen-bond donors (Lipinski definition) is 1. The molecule has 0 heterocycles. The summed E-state index contributed by atoms with van der Waals surface area (Å²) in [4.78, 5) is 0. The standard InChI is InChI=1S/C10H22OS/c1-6-10(5,11)7-12-9(4)8(2)3/h8-9,11H,6-7H2,1-5H3. The normalized spacial score (nSPS) is 19.2. The van der Waals surface area contributed by atoms with Crippen molar-refractivity contribution in [2.75, 3.05) is 5.75 Å². The zero-order valence-electron chi connectivity index (χ0n) is 8.92. The second kappa shape index (κ2) is 5.13. The highest BCUT2D eigenvalue weighted by atomic mass is 32.2. The van der Waals surface area contributed by atoms with E-state index in [1.165, 1.54) is 0 Å². The van der Waals surface area contributed by atoms with E-state index in [1.54, 1.807) is 0 Å². The SMILES string of the molecule is CCC(C)(O)CSC(C)C(C)C. The van der Waals surface area contributed by atoms with Crippen LogP contribution in [0.4, 0.5) is 0 Å². The van der Waals surface area contributed by atoms with Gasteiger partial charge < -0.3 is 5.11 Å². The molecule has 1 N–H and O–H groups in total. The minimum absolute atomic E-state index is 0.478. The monoisotopic (exact) mass is 190 g/mol. The van der Waals surface area contributed by atoms with E-state index in [4.69, 9.17) is 0 Å². The van der Waals surface area contributed by atoms with Crippen molar-refractivity contribution >= 4 is 11.8 Å². The van der Waals surface area contributed by atoms with Gasteiger partial charge in [-0.05, 0) is 19.3 Å². The van der Waals surface area contributed by atoms with E-state index in [9.17, 15) is 5.11 Å². The van der Waals surface area contributed by atoms with Gasteiger partial charge in [0, 0.05) is 11.0 Å². The number of thioether (sulfide) groups is 1. The van der Waals surface area contributed by atoms with Crippen LogP contribution < -0.4 is 0 Å². The molecule has 0 aliphatic rings. The van der Waals surface area contributed by atoms with E-state index in [1.807, 2.05) is 25.6 Å². The Morgan fingerprint density at radius 1 is 1.33 bits per heavy atom. The largest absolute Gasteiger partial charge is 0.389 e. The van der Waals surface area contributed by atoms with E-state index < -0.39 is 5.60 Å². The summed E-state index contributed by atoms with van der Waals surface area (Å²) in [7, 11) is 0. The molecule has 74 valence electrons. The highest BCUT2D eigenvalue weighted by Gasteiger charge is 2.19. The van der Waals surface area contributed by atoms with Crippen molar-refractivity contribution in [2.24, 2.45) is 5.92 Å². The summed E-state index contributed by atoms with van der Waals surface area (Å²) >= 11 is 1.87. The van der Waals surface area contributed by atoms with Crippen LogP contribution in [-0.4, -0.2) is 21.7 Å². The summed E-state index contributed by atoms with van der Waals surface area (Å²) in [6.45, 7) is 10.6. The van der Waals surface area contributed by atoms with Gasteiger partial charge in [0.2, 0.25) is 0 Å². The smallest absolute Gasteiger partial charge is 0.0707 e. The average molecular weight is 190 g/mol. The van der Waals surface area contributed by atoms with Crippen molar-refractivity contribution in [3.63, 3.8) is 0 Å². The predicted octanol–water partition coefficient (Wildman–Crippen LogP) is 2.93. The minimum atomic E-state index is -0.478. The van der Waals surface area contributed by atoms with Crippen molar-refractivity contribution in [2.45, 2.75) is 51.9 Å². The third-order valence-corrected chi connectivity index (χ3v) is 4.22. The van der Waals surface area contributed by atoms with Gasteiger partial charge in [-0.25, -0.2) is 0 Å². The Morgan fingerprint density at radius 3 is 2.17 bits per heavy atom. The third-order valence-electron chi connectivity index (χ3n) is 2.36. The Kier molecular flexibility index (Phi) is 5.26. The molecule has 0 aromatic rings. The Balaban J connectivity index is 3.67. The summed E-state index contributed by atoms with van der Waals surface area (Å²) in [5.74, 6) is 1.55. The lowest BCUT2D eigenvalue weighted by atomic mass is 10.1. The minimum Gasteiger partial charge on any atom is -0.389 e. The summed E-state index contributed by atoms with van der Waals surface area (Å²) in [5.41, 5.74) is -0.478. The fraction of sp³-hybridized carbons (Fsp3) is 1.00. The van der Waals surface area contributed by atoms with Crippen LogP contribution in [0.3, 0.4) is 0 Å². The van der Waals surface area contributed by atoms with Gasteiger partial charge in [-0.15, -0.1) is 0 Å². The third kappa shape index (κ3) is 5.04. The molecule has 0 aromatic carbocycles. The highest BCUT2D eigenvalue weighted by Crippen LogP contribution is 2.24. The maximum absolute atomic E-state index is 9.73. The molecule has 0 saturated heterocycles. The molecule has 1 nitrogen and oxygen atoms in total. The second-order valence-corrected chi connectivity index (χ2v) is 5.48. The lowest BCUT2D eigenvalue weighted by molar-refractivity contribution is 0.0814. The molecule has 0 aliphatic carbocycles. The lowest BCUT2D eigenvalue weighted by Crippen LogP contribution is -2.27. The van der Waals surface area contributed by atoms with Crippen LogP contribution in [0.5, 0.6) is 0 Å². The van der Waals surface area contributed by atoms with Crippen LogP contribution in [0.15, 0.2) is 0 Å².